The lowest BCUT2D eigenvalue weighted by Gasteiger charge is -1.90. The molecule has 1 atom stereocenters. The second-order valence-corrected chi connectivity index (χ2v) is 2.14. The van der Waals surface area contributed by atoms with E-state index in [1.165, 1.54) is 6.26 Å². The van der Waals surface area contributed by atoms with E-state index >= 15 is 0 Å². The predicted molar refractivity (Wildman–Crippen MR) is 30.8 cm³/mol. The van der Waals surface area contributed by atoms with Gasteiger partial charge in [-0.15, -0.1) is 11.6 Å². The maximum atomic E-state index is 5.59. The molecule has 0 N–H and O–H groups in total. The molecule has 0 spiro atoms. The number of hydrogen-bond donors (Lipinski definition) is 0. The summed E-state index contributed by atoms with van der Waals surface area (Å²) in [6.07, 6.45) is 3.09. The number of halogens is 1. The van der Waals surface area contributed by atoms with Crippen molar-refractivity contribution in [2.75, 3.05) is 0 Å². The van der Waals surface area contributed by atoms with Gasteiger partial charge in [-0.3, -0.25) is 0 Å². The van der Waals surface area contributed by atoms with E-state index in [0.717, 1.165) is 0 Å². The highest BCUT2D eigenvalue weighted by atomic mass is 35.5. The molecule has 0 aliphatic rings. The summed E-state index contributed by atoms with van der Waals surface area (Å²) >= 11 is 5.59. The molecule has 0 saturated carbocycles. The van der Waals surface area contributed by atoms with Crippen LogP contribution in [0.3, 0.4) is 0 Å². The lowest BCUT2D eigenvalue weighted by atomic mass is 10.5. The van der Waals surface area contributed by atoms with E-state index < -0.39 is 0 Å². The molecule has 44 valence electrons. The molecular formula is C5H6ClNO. The Kier molecular flexibility index (Phi) is 1.53. The van der Waals surface area contributed by atoms with Crippen LogP contribution >= 0.6 is 11.6 Å². The van der Waals surface area contributed by atoms with E-state index in [0.29, 0.717) is 5.89 Å². The average molecular weight is 132 g/mol. The molecule has 0 bridgehead atoms. The summed E-state index contributed by atoms with van der Waals surface area (Å²) in [6.45, 7) is 1.81. The number of alkyl halides is 1. The van der Waals surface area contributed by atoms with Crippen molar-refractivity contribution in [3.8, 4) is 0 Å². The monoisotopic (exact) mass is 131 g/mol. The third kappa shape index (κ3) is 1.01. The second kappa shape index (κ2) is 2.18. The van der Waals surface area contributed by atoms with Crippen molar-refractivity contribution in [1.29, 1.82) is 0 Å². The summed E-state index contributed by atoms with van der Waals surface area (Å²) in [6, 6.07) is 0. The van der Waals surface area contributed by atoms with Crippen LogP contribution < -0.4 is 0 Å². The molecule has 1 rings (SSSR count). The number of rotatable bonds is 1. The molecule has 0 amide bonds. The third-order valence-electron chi connectivity index (χ3n) is 0.792. The molecule has 1 heterocycles. The fourth-order valence-corrected chi connectivity index (χ4v) is 0.539. The van der Waals surface area contributed by atoms with Gasteiger partial charge in [-0.2, -0.15) is 0 Å². The Morgan fingerprint density at radius 2 is 2.62 bits per heavy atom. The largest absolute Gasteiger partial charge is 0.447 e. The molecule has 8 heavy (non-hydrogen) atoms. The van der Waals surface area contributed by atoms with Gasteiger partial charge in [0, 0.05) is 0 Å². The molecule has 0 aliphatic carbocycles. The molecule has 1 unspecified atom stereocenters. The molecule has 0 radical (unpaired) electrons. The van der Waals surface area contributed by atoms with Gasteiger partial charge in [-0.05, 0) is 6.92 Å². The van der Waals surface area contributed by atoms with Crippen LogP contribution in [-0.2, 0) is 0 Å². The van der Waals surface area contributed by atoms with Crippen molar-refractivity contribution in [3.63, 3.8) is 0 Å². The highest BCUT2D eigenvalue weighted by Gasteiger charge is 2.02. The molecule has 0 aliphatic heterocycles. The number of hydrogen-bond acceptors (Lipinski definition) is 2. The van der Waals surface area contributed by atoms with E-state index in [4.69, 9.17) is 16.0 Å². The van der Waals surface area contributed by atoms with Crippen molar-refractivity contribution in [2.45, 2.75) is 12.3 Å². The minimum atomic E-state index is -0.120. The Morgan fingerprint density at radius 1 is 1.88 bits per heavy atom. The highest BCUT2D eigenvalue weighted by Crippen LogP contribution is 2.15. The van der Waals surface area contributed by atoms with Crippen LogP contribution in [0.5, 0.6) is 0 Å². The minimum absolute atomic E-state index is 0.120. The Balaban J connectivity index is 2.77. The summed E-state index contributed by atoms with van der Waals surface area (Å²) < 4.78 is 4.85. The van der Waals surface area contributed by atoms with Gasteiger partial charge >= 0.3 is 0 Å². The number of oxazole rings is 1. The van der Waals surface area contributed by atoms with Gasteiger partial charge in [-0.25, -0.2) is 4.98 Å². The van der Waals surface area contributed by atoms with E-state index in [2.05, 4.69) is 4.98 Å². The van der Waals surface area contributed by atoms with Crippen molar-refractivity contribution >= 4 is 11.6 Å². The maximum Gasteiger partial charge on any atom is 0.211 e. The molecular weight excluding hydrogens is 126 g/mol. The quantitative estimate of drug-likeness (QED) is 0.545. The number of nitrogens with zero attached hydrogens (tertiary/aromatic N) is 1. The topological polar surface area (TPSA) is 26.0 Å². The Morgan fingerprint density at radius 3 is 2.88 bits per heavy atom. The van der Waals surface area contributed by atoms with Gasteiger partial charge in [0.15, 0.2) is 0 Å². The number of aromatic nitrogens is 1. The zero-order chi connectivity index (χ0) is 5.98. The van der Waals surface area contributed by atoms with E-state index in [9.17, 15) is 0 Å². The van der Waals surface area contributed by atoms with E-state index in [-0.39, 0.29) is 5.38 Å². The first-order chi connectivity index (χ1) is 3.80. The van der Waals surface area contributed by atoms with Gasteiger partial charge in [0.25, 0.3) is 0 Å². The first-order valence-electron chi connectivity index (χ1n) is 2.34. The van der Waals surface area contributed by atoms with E-state index in [1.54, 1.807) is 6.20 Å². The third-order valence-corrected chi connectivity index (χ3v) is 0.978. The Labute approximate surface area is 52.5 Å². The van der Waals surface area contributed by atoms with Crippen molar-refractivity contribution in [1.82, 2.24) is 4.98 Å². The standard InChI is InChI=1S/C5H6ClNO/c1-4(6)5-7-2-3-8-5/h2-4H,1H3. The zero-order valence-corrected chi connectivity index (χ0v) is 5.22. The molecule has 3 heteroatoms. The fraction of sp³-hybridized carbons (Fsp3) is 0.400. The molecule has 2 nitrogen and oxygen atoms in total. The fourth-order valence-electron chi connectivity index (χ4n) is 0.431. The van der Waals surface area contributed by atoms with Crippen molar-refractivity contribution in [2.24, 2.45) is 0 Å². The average Bonchev–Trinajstić information content (AvgIpc) is 2.12. The normalized spacial score (nSPS) is 13.8. The van der Waals surface area contributed by atoms with Crippen LogP contribution in [0, 0.1) is 0 Å². The minimum Gasteiger partial charge on any atom is -0.447 e. The first kappa shape index (κ1) is 5.63. The van der Waals surface area contributed by atoms with E-state index in [1.807, 2.05) is 6.92 Å². The van der Waals surface area contributed by atoms with Crippen LogP contribution in [0.2, 0.25) is 0 Å². The van der Waals surface area contributed by atoms with Crippen LogP contribution in [0.25, 0.3) is 0 Å². The Bertz CT molecular complexity index is 147. The summed E-state index contributed by atoms with van der Waals surface area (Å²) in [5.41, 5.74) is 0. The van der Waals surface area contributed by atoms with Crippen LogP contribution in [0.15, 0.2) is 16.9 Å². The van der Waals surface area contributed by atoms with Gasteiger partial charge in [0.1, 0.15) is 11.6 Å². The van der Waals surface area contributed by atoms with Crippen LogP contribution in [0.4, 0.5) is 0 Å². The summed E-state index contributed by atoms with van der Waals surface area (Å²) in [5.74, 6) is 0.576. The lowest BCUT2D eigenvalue weighted by molar-refractivity contribution is 0.496. The molecule has 1 aromatic heterocycles. The highest BCUT2D eigenvalue weighted by molar-refractivity contribution is 6.20. The SMILES string of the molecule is CC(Cl)c1ncco1. The van der Waals surface area contributed by atoms with Gasteiger partial charge in [0.05, 0.1) is 6.20 Å². The summed E-state index contributed by atoms with van der Waals surface area (Å²) in [7, 11) is 0. The molecule has 1 aromatic rings. The summed E-state index contributed by atoms with van der Waals surface area (Å²) in [5, 5.41) is -0.120. The van der Waals surface area contributed by atoms with Crippen molar-refractivity contribution < 1.29 is 4.42 Å². The first-order valence-corrected chi connectivity index (χ1v) is 2.78. The molecule has 0 fully saturated rings. The van der Waals surface area contributed by atoms with Crippen LogP contribution in [0.1, 0.15) is 18.2 Å². The van der Waals surface area contributed by atoms with Crippen molar-refractivity contribution in [3.05, 3.63) is 18.4 Å². The van der Waals surface area contributed by atoms with Gasteiger partial charge in [0.2, 0.25) is 5.89 Å². The Hall–Kier alpha value is -0.500. The second-order valence-electron chi connectivity index (χ2n) is 1.49. The van der Waals surface area contributed by atoms with Crippen LogP contribution in [-0.4, -0.2) is 4.98 Å². The predicted octanol–water partition coefficient (Wildman–Crippen LogP) is 1.97. The smallest absolute Gasteiger partial charge is 0.211 e. The molecule has 0 aromatic carbocycles. The van der Waals surface area contributed by atoms with Gasteiger partial charge < -0.3 is 4.42 Å². The summed E-state index contributed by atoms with van der Waals surface area (Å²) in [4.78, 5) is 3.82. The molecule has 0 saturated heterocycles. The zero-order valence-electron chi connectivity index (χ0n) is 4.47. The maximum absolute atomic E-state index is 5.59. The lowest BCUT2D eigenvalue weighted by Crippen LogP contribution is -1.80. The van der Waals surface area contributed by atoms with Gasteiger partial charge in [-0.1, -0.05) is 0 Å².